The number of carbonyl (C=O) groups excluding carboxylic acids is 3. The number of Topliss-reactive ketones (excluding diaryl/α,β-unsaturated/α-hetero) is 2. The van der Waals surface area contributed by atoms with Crippen LogP contribution in [0.3, 0.4) is 0 Å². The van der Waals surface area contributed by atoms with Crippen LogP contribution in [-0.2, 0) is 19.1 Å². The highest BCUT2D eigenvalue weighted by atomic mass is 16.5. The predicted octanol–water partition coefficient (Wildman–Crippen LogP) is 3.95. The molecule has 0 spiro atoms. The lowest BCUT2D eigenvalue weighted by Gasteiger charge is -2.58. The van der Waals surface area contributed by atoms with Gasteiger partial charge in [-0.15, -0.1) is 0 Å². The topological polar surface area (TPSA) is 60.4 Å². The van der Waals surface area contributed by atoms with E-state index in [1.807, 2.05) is 0 Å². The van der Waals surface area contributed by atoms with Gasteiger partial charge in [0.25, 0.3) is 0 Å². The largest absolute Gasteiger partial charge is 0.463 e. The Kier molecular flexibility index (Phi) is 4.51. The monoisotopic (exact) mass is 360 g/mol. The van der Waals surface area contributed by atoms with Crippen molar-refractivity contribution >= 4 is 17.5 Å². The van der Waals surface area contributed by atoms with E-state index in [1.54, 1.807) is 6.92 Å². The minimum atomic E-state index is -0.190. The molecule has 0 radical (unpaired) electrons. The van der Waals surface area contributed by atoms with E-state index in [0.717, 1.165) is 44.9 Å². The van der Waals surface area contributed by atoms with Gasteiger partial charge in [0, 0.05) is 25.2 Å². The summed E-state index contributed by atoms with van der Waals surface area (Å²) in [6.07, 6.45) is 7.77. The van der Waals surface area contributed by atoms with Gasteiger partial charge in [-0.2, -0.15) is 0 Å². The van der Waals surface area contributed by atoms with Crippen molar-refractivity contribution in [2.45, 2.75) is 78.2 Å². The third-order valence-electron chi connectivity index (χ3n) is 8.54. The van der Waals surface area contributed by atoms with Crippen molar-refractivity contribution in [2.75, 3.05) is 0 Å². The number of ether oxygens (including phenoxy) is 1. The van der Waals surface area contributed by atoms with Crippen LogP contribution in [0.25, 0.3) is 0 Å². The lowest BCUT2D eigenvalue weighted by atomic mass is 9.46. The molecule has 4 heteroatoms. The highest BCUT2D eigenvalue weighted by molar-refractivity contribution is 5.86. The second-order valence-corrected chi connectivity index (χ2v) is 9.72. The summed E-state index contributed by atoms with van der Waals surface area (Å²) in [5, 5.41) is 0. The zero-order chi connectivity index (χ0) is 18.6. The van der Waals surface area contributed by atoms with E-state index >= 15 is 0 Å². The van der Waals surface area contributed by atoms with Gasteiger partial charge in [-0.05, 0) is 81.0 Å². The maximum Gasteiger partial charge on any atom is 0.302 e. The molecule has 0 N–H and O–H groups in total. The Morgan fingerprint density at radius 2 is 1.73 bits per heavy atom. The van der Waals surface area contributed by atoms with E-state index in [-0.39, 0.29) is 35.1 Å². The Labute approximate surface area is 156 Å². The van der Waals surface area contributed by atoms with Gasteiger partial charge in [-0.1, -0.05) is 6.92 Å². The average molecular weight is 360 g/mol. The molecule has 0 bridgehead atoms. The smallest absolute Gasteiger partial charge is 0.302 e. The Morgan fingerprint density at radius 1 is 1.00 bits per heavy atom. The van der Waals surface area contributed by atoms with E-state index in [1.165, 1.54) is 6.92 Å². The highest BCUT2D eigenvalue weighted by Gasteiger charge is 2.60. The first-order valence-electron chi connectivity index (χ1n) is 10.5. The van der Waals surface area contributed by atoms with Gasteiger partial charge in [-0.25, -0.2) is 0 Å². The van der Waals surface area contributed by atoms with Crippen molar-refractivity contribution in [1.29, 1.82) is 0 Å². The van der Waals surface area contributed by atoms with Crippen molar-refractivity contribution in [3.8, 4) is 0 Å². The molecule has 26 heavy (non-hydrogen) atoms. The third-order valence-corrected chi connectivity index (χ3v) is 8.54. The second kappa shape index (κ2) is 6.45. The molecule has 0 saturated heterocycles. The van der Waals surface area contributed by atoms with E-state index in [0.29, 0.717) is 35.9 Å². The van der Waals surface area contributed by atoms with Crippen LogP contribution in [0.2, 0.25) is 0 Å². The Balaban J connectivity index is 1.56. The van der Waals surface area contributed by atoms with E-state index in [9.17, 15) is 14.4 Å². The summed E-state index contributed by atoms with van der Waals surface area (Å²) < 4.78 is 5.50. The molecule has 0 aromatic rings. The third kappa shape index (κ3) is 2.75. The van der Waals surface area contributed by atoms with Gasteiger partial charge in [0.05, 0.1) is 0 Å². The van der Waals surface area contributed by atoms with Crippen LogP contribution >= 0.6 is 0 Å². The summed E-state index contributed by atoms with van der Waals surface area (Å²) in [5.41, 5.74) is 0.0515. The molecule has 8 unspecified atom stereocenters. The van der Waals surface area contributed by atoms with Crippen molar-refractivity contribution < 1.29 is 19.1 Å². The van der Waals surface area contributed by atoms with Crippen molar-refractivity contribution in [3.05, 3.63) is 0 Å². The van der Waals surface area contributed by atoms with Crippen molar-refractivity contribution in [2.24, 2.45) is 40.9 Å². The fraction of sp³-hybridized carbons (Fsp3) is 0.864. The molecule has 4 saturated carbocycles. The molecule has 0 heterocycles. The number of ketones is 2. The number of rotatable bonds is 2. The van der Waals surface area contributed by atoms with Crippen LogP contribution < -0.4 is 0 Å². The normalized spacial score (nSPS) is 47.5. The second-order valence-electron chi connectivity index (χ2n) is 9.72. The van der Waals surface area contributed by atoms with Crippen molar-refractivity contribution in [1.82, 2.24) is 0 Å². The van der Waals surface area contributed by atoms with Gasteiger partial charge in [0.2, 0.25) is 0 Å². The molecule has 4 rings (SSSR count). The first kappa shape index (κ1) is 18.2. The van der Waals surface area contributed by atoms with Crippen LogP contribution in [-0.4, -0.2) is 23.6 Å². The number of esters is 1. The van der Waals surface area contributed by atoms with Gasteiger partial charge in [-0.3, -0.25) is 14.4 Å². The Morgan fingerprint density at radius 3 is 2.42 bits per heavy atom. The van der Waals surface area contributed by atoms with Gasteiger partial charge >= 0.3 is 5.97 Å². The molecular weight excluding hydrogens is 328 g/mol. The maximum absolute atomic E-state index is 13.3. The standard InChI is InChI=1S/C22H32O4/c1-12(23)16-6-7-17-18-5-4-14-10-15(26-13(2)24)8-9-22(14,3)21(18)20(25)11-19(16)17/h14-19,21H,4-11H2,1-3H3. The lowest BCUT2D eigenvalue weighted by Crippen LogP contribution is -2.55. The maximum atomic E-state index is 13.3. The fourth-order valence-electron chi connectivity index (χ4n) is 7.48. The molecule has 0 amide bonds. The first-order chi connectivity index (χ1) is 12.3. The Hall–Kier alpha value is -1.19. The van der Waals surface area contributed by atoms with Crippen LogP contribution in [0.4, 0.5) is 0 Å². The van der Waals surface area contributed by atoms with Gasteiger partial charge in [0.15, 0.2) is 0 Å². The predicted molar refractivity (Wildman–Crippen MR) is 97.2 cm³/mol. The summed E-state index contributed by atoms with van der Waals surface area (Å²) in [5.74, 6) is 2.61. The van der Waals surface area contributed by atoms with Gasteiger partial charge in [0.1, 0.15) is 17.7 Å². The lowest BCUT2D eigenvalue weighted by molar-refractivity contribution is -0.164. The number of hydrogen-bond donors (Lipinski definition) is 0. The van der Waals surface area contributed by atoms with Crippen molar-refractivity contribution in [3.63, 3.8) is 0 Å². The molecule has 0 aromatic heterocycles. The number of fused-ring (bicyclic) bond motifs is 5. The average Bonchev–Trinajstić information content (AvgIpc) is 2.98. The summed E-state index contributed by atoms with van der Waals surface area (Å²) >= 11 is 0. The first-order valence-corrected chi connectivity index (χ1v) is 10.5. The fourth-order valence-corrected chi connectivity index (χ4v) is 7.48. The Bertz CT molecular complexity index is 626. The van der Waals surface area contributed by atoms with Crippen LogP contribution in [0, 0.1) is 40.9 Å². The molecule has 4 aliphatic rings. The van der Waals surface area contributed by atoms with E-state index in [2.05, 4.69) is 6.92 Å². The summed E-state index contributed by atoms with van der Waals surface area (Å²) in [6, 6.07) is 0. The minimum Gasteiger partial charge on any atom is -0.463 e. The highest BCUT2D eigenvalue weighted by Crippen LogP contribution is 2.63. The molecular formula is C22H32O4. The summed E-state index contributed by atoms with van der Waals surface area (Å²) in [7, 11) is 0. The molecule has 0 aromatic carbocycles. The van der Waals surface area contributed by atoms with E-state index < -0.39 is 0 Å². The SMILES string of the molecule is CC(=O)OC1CCC2(C)C(CCC3C4CCC(C(C)=O)C4CC(=O)C32)C1. The quantitative estimate of drug-likeness (QED) is 0.700. The van der Waals surface area contributed by atoms with Crippen LogP contribution in [0.1, 0.15) is 72.1 Å². The summed E-state index contributed by atoms with van der Waals surface area (Å²) in [4.78, 5) is 36.6. The van der Waals surface area contributed by atoms with Gasteiger partial charge < -0.3 is 4.74 Å². The van der Waals surface area contributed by atoms with Crippen LogP contribution in [0.5, 0.6) is 0 Å². The summed E-state index contributed by atoms with van der Waals surface area (Å²) in [6.45, 7) is 5.52. The molecule has 8 atom stereocenters. The molecule has 4 aliphatic carbocycles. The number of carbonyl (C=O) groups is 3. The number of hydrogen-bond acceptors (Lipinski definition) is 4. The molecule has 0 aliphatic heterocycles. The zero-order valence-electron chi connectivity index (χ0n) is 16.3. The zero-order valence-corrected chi connectivity index (χ0v) is 16.3. The minimum absolute atomic E-state index is 0.0298. The van der Waals surface area contributed by atoms with E-state index in [4.69, 9.17) is 4.74 Å². The molecule has 4 nitrogen and oxygen atoms in total. The molecule has 144 valence electrons. The molecule has 4 fully saturated rings. The van der Waals surface area contributed by atoms with Crippen LogP contribution in [0.15, 0.2) is 0 Å².